The van der Waals surface area contributed by atoms with Gasteiger partial charge in [0.15, 0.2) is 0 Å². The fourth-order valence-corrected chi connectivity index (χ4v) is 7.14. The average molecular weight is 963 g/mol. The first-order chi connectivity index (χ1) is 33.0. The van der Waals surface area contributed by atoms with E-state index in [2.05, 4.69) is 65.8 Å². The number of benzene rings is 3. The van der Waals surface area contributed by atoms with Gasteiger partial charge in [0.25, 0.3) is 0 Å². The lowest BCUT2D eigenvalue weighted by Crippen LogP contribution is -2.24. The standard InChI is InChI=1S/C18H23N3O2.2C17H21N3O2.CH3F.CH4/c1-11-12(2)19-14(4)20-17(11)21(5)13(3)15-7-9-16(10-8-15)18(22)23-6;1-10-11(2)18-13(4)19-16(10)20(5)12(3)14-6-8-15(9-7-14)17(21)22;1-10-11(2)18-13(4)20-16(10)19-12(3)14-6-8-15(9-7-14)17(21)22-5;1-2;/h7-10,13H,1-6H3;6-9,12H,1-5H3,(H,21,22);6-9,12H,1-5H3,(H,18,19,20);1H3;1H4/i;;;1D;. The Balaban J connectivity index is 0.000000352. The smallest absolute Gasteiger partial charge is 0.337 e. The summed E-state index contributed by atoms with van der Waals surface area (Å²) in [6, 6.07) is 22.1. The van der Waals surface area contributed by atoms with E-state index in [1.165, 1.54) is 14.2 Å². The van der Waals surface area contributed by atoms with Crippen LogP contribution in [0, 0.1) is 62.3 Å². The minimum absolute atomic E-state index is 0. The van der Waals surface area contributed by atoms with Crippen molar-refractivity contribution in [1.29, 1.82) is 0 Å². The minimum Gasteiger partial charge on any atom is -0.478 e. The number of halogens is 1. The van der Waals surface area contributed by atoms with Crippen LogP contribution in [0.1, 0.15) is 147 Å². The molecule has 0 bridgehead atoms. The van der Waals surface area contributed by atoms with Crippen molar-refractivity contribution in [2.75, 3.05) is 50.6 Å². The molecule has 0 saturated heterocycles. The maximum absolute atomic E-state index is 11.5. The molecule has 16 heteroatoms. The zero-order valence-corrected chi connectivity index (χ0v) is 42.8. The number of hydrogen-bond donors (Lipinski definition) is 2. The minimum atomic E-state index is -1.00. The van der Waals surface area contributed by atoms with E-state index in [9.17, 15) is 18.8 Å². The van der Waals surface area contributed by atoms with Crippen molar-refractivity contribution in [3.63, 3.8) is 0 Å². The van der Waals surface area contributed by atoms with Gasteiger partial charge in [-0.1, -0.05) is 43.8 Å². The van der Waals surface area contributed by atoms with Gasteiger partial charge in [-0.25, -0.2) is 44.3 Å². The molecule has 376 valence electrons. The molecule has 15 nitrogen and oxygen atoms in total. The first-order valence-corrected chi connectivity index (χ1v) is 22.2. The van der Waals surface area contributed by atoms with Crippen LogP contribution in [0.4, 0.5) is 21.8 Å². The molecule has 6 rings (SSSR count). The second-order valence-electron chi connectivity index (χ2n) is 16.5. The highest BCUT2D eigenvalue weighted by Gasteiger charge is 2.20. The third-order valence-electron chi connectivity index (χ3n) is 11.9. The number of alkyl halides is 1. The van der Waals surface area contributed by atoms with Crippen molar-refractivity contribution >= 4 is 35.4 Å². The molecule has 0 aliphatic carbocycles. The Kier molecular flexibility index (Phi) is 22.0. The van der Waals surface area contributed by atoms with Crippen LogP contribution in [0.2, 0.25) is 0 Å². The molecular weight excluding hydrogens is 890 g/mol. The van der Waals surface area contributed by atoms with Crippen LogP contribution in [0.5, 0.6) is 0 Å². The Morgan fingerprint density at radius 1 is 0.557 bits per heavy atom. The molecule has 6 aromatic rings. The molecule has 3 aromatic carbocycles. The van der Waals surface area contributed by atoms with Crippen molar-refractivity contribution in [1.82, 2.24) is 29.9 Å². The molecule has 0 aliphatic rings. The summed E-state index contributed by atoms with van der Waals surface area (Å²) < 4.78 is 24.9. The van der Waals surface area contributed by atoms with E-state index in [-0.39, 0.29) is 37.5 Å². The van der Waals surface area contributed by atoms with Gasteiger partial charge in [0.05, 0.1) is 51.5 Å². The second kappa shape index (κ2) is 27.0. The lowest BCUT2D eigenvalue weighted by atomic mass is 10.0. The molecule has 0 spiro atoms. The molecule has 0 saturated carbocycles. The van der Waals surface area contributed by atoms with Gasteiger partial charge in [-0.05, 0) is 136 Å². The van der Waals surface area contributed by atoms with Gasteiger partial charge in [0.2, 0.25) is 0 Å². The highest BCUT2D eigenvalue weighted by Crippen LogP contribution is 2.29. The quantitative estimate of drug-likeness (QED) is 0.110. The molecule has 2 N–H and O–H groups in total. The highest BCUT2D eigenvalue weighted by molar-refractivity contribution is 5.90. The van der Waals surface area contributed by atoms with Gasteiger partial charge < -0.3 is 29.7 Å². The number of aromatic carboxylic acids is 1. The lowest BCUT2D eigenvalue weighted by Gasteiger charge is -2.28. The van der Waals surface area contributed by atoms with Gasteiger partial charge in [0.1, 0.15) is 34.9 Å². The fourth-order valence-electron chi connectivity index (χ4n) is 7.14. The van der Waals surface area contributed by atoms with E-state index in [4.69, 9.17) is 16.0 Å². The summed E-state index contributed by atoms with van der Waals surface area (Å²) in [7, 11) is 5.77. The molecule has 0 amide bonds. The number of aromatic nitrogens is 6. The Hall–Kier alpha value is -7.36. The zero-order valence-electron chi connectivity index (χ0n) is 43.8. The summed E-state index contributed by atoms with van der Waals surface area (Å²) in [5.74, 6) is 3.38. The number of carboxylic acid groups (broad SMARTS) is 1. The largest absolute Gasteiger partial charge is 0.478 e. The van der Waals surface area contributed by atoms with Crippen molar-refractivity contribution < 1.29 is 34.7 Å². The summed E-state index contributed by atoms with van der Waals surface area (Å²) in [6.45, 7) is 23.9. The Morgan fingerprint density at radius 3 is 1.21 bits per heavy atom. The number of esters is 2. The van der Waals surface area contributed by atoms with Gasteiger partial charge in [0, 0.05) is 53.9 Å². The van der Waals surface area contributed by atoms with Crippen LogP contribution in [0.3, 0.4) is 0 Å². The topological polar surface area (TPSA) is 186 Å². The number of aryl methyl sites for hydroxylation is 6. The number of ether oxygens (including phenoxy) is 2. The van der Waals surface area contributed by atoms with Gasteiger partial charge in [-0.3, -0.25) is 4.39 Å². The molecular formula is C54H72FN9O6. The molecule has 0 aliphatic heterocycles. The predicted octanol–water partition coefficient (Wildman–Crippen LogP) is 11.3. The van der Waals surface area contributed by atoms with Gasteiger partial charge in [-0.15, -0.1) is 0 Å². The van der Waals surface area contributed by atoms with E-state index in [1.807, 2.05) is 113 Å². The molecule has 3 aromatic heterocycles. The van der Waals surface area contributed by atoms with Crippen LogP contribution >= 0.6 is 0 Å². The maximum Gasteiger partial charge on any atom is 0.337 e. The predicted molar refractivity (Wildman–Crippen MR) is 277 cm³/mol. The van der Waals surface area contributed by atoms with Crippen LogP contribution < -0.4 is 15.1 Å². The summed E-state index contributed by atoms with van der Waals surface area (Å²) in [5.41, 5.74) is 10.7. The van der Waals surface area contributed by atoms with Crippen LogP contribution in [0.25, 0.3) is 0 Å². The van der Waals surface area contributed by atoms with Gasteiger partial charge >= 0.3 is 17.9 Å². The van der Waals surface area contributed by atoms with E-state index >= 15 is 0 Å². The molecule has 70 heavy (non-hydrogen) atoms. The monoisotopic (exact) mass is 963 g/mol. The first-order valence-electron chi connectivity index (χ1n) is 22.9. The third-order valence-corrected chi connectivity index (χ3v) is 11.9. The number of carboxylic acids is 1. The number of nitrogens with zero attached hydrogens (tertiary/aromatic N) is 8. The normalized spacial score (nSPS) is 11.7. The van der Waals surface area contributed by atoms with E-state index in [0.717, 1.165) is 85.4 Å². The number of hydrogen-bond acceptors (Lipinski definition) is 14. The summed E-state index contributed by atoms with van der Waals surface area (Å²) in [4.78, 5) is 64.8. The molecule has 3 atom stereocenters. The third kappa shape index (κ3) is 15.3. The van der Waals surface area contributed by atoms with Crippen molar-refractivity contribution in [2.24, 2.45) is 0 Å². The fraction of sp³-hybridized carbons (Fsp3) is 0.389. The number of rotatable bonds is 12. The van der Waals surface area contributed by atoms with E-state index < -0.39 is 13.1 Å². The lowest BCUT2D eigenvalue weighted by molar-refractivity contribution is 0.0592. The zero-order chi connectivity index (χ0) is 52.6. The number of methoxy groups -OCH3 is 2. The second-order valence-corrected chi connectivity index (χ2v) is 16.5. The Labute approximate surface area is 415 Å². The van der Waals surface area contributed by atoms with E-state index in [0.29, 0.717) is 16.7 Å². The van der Waals surface area contributed by atoms with Crippen LogP contribution in [-0.4, -0.2) is 88.4 Å². The summed E-state index contributed by atoms with van der Waals surface area (Å²) in [6.07, 6.45) is 0. The van der Waals surface area contributed by atoms with Gasteiger partial charge in [-0.2, -0.15) is 0 Å². The van der Waals surface area contributed by atoms with Crippen molar-refractivity contribution in [3.8, 4) is 0 Å². The van der Waals surface area contributed by atoms with Crippen molar-refractivity contribution in [3.05, 3.63) is 157 Å². The molecule has 0 radical (unpaired) electrons. The Bertz CT molecular complexity index is 2710. The van der Waals surface area contributed by atoms with Crippen molar-refractivity contribution in [2.45, 2.75) is 109 Å². The van der Waals surface area contributed by atoms with E-state index in [1.54, 1.807) is 36.4 Å². The molecule has 3 heterocycles. The maximum atomic E-state index is 11.5. The Morgan fingerprint density at radius 2 is 0.871 bits per heavy atom. The molecule has 3 unspecified atom stereocenters. The SMILES string of the molecule is C.COC(=O)c1ccc(C(C)N(C)c2nc(C)nc(C)c2C)cc1.COC(=O)c1ccc(C(C)Nc2nc(C)nc(C)c2C)cc1.Cc1nc(C)c(C)c(N(C)C(C)c2ccc(C(=O)O)cc2)n1.[2H]CF. The number of nitrogens with one attached hydrogen (secondary N) is 1. The first kappa shape index (κ1) is 57.0. The number of carbonyl (C=O) groups excluding carboxylic acids is 2. The average Bonchev–Trinajstić information content (AvgIpc) is 3.34. The number of carbonyl (C=O) groups is 3. The highest BCUT2D eigenvalue weighted by atomic mass is 19.1. The molecule has 0 fully saturated rings. The summed E-state index contributed by atoms with van der Waals surface area (Å²) in [5, 5.41) is 12.4. The van der Waals surface area contributed by atoms with Crippen LogP contribution in [-0.2, 0) is 9.47 Å². The van der Waals surface area contributed by atoms with Crippen LogP contribution in [0.15, 0.2) is 72.8 Å². The number of anilines is 3. The summed E-state index contributed by atoms with van der Waals surface area (Å²) >= 11 is 0.